The van der Waals surface area contributed by atoms with Crippen molar-refractivity contribution in [1.29, 1.82) is 0 Å². The maximum Gasteiger partial charge on any atom is 0.250 e. The van der Waals surface area contributed by atoms with Gasteiger partial charge in [0, 0.05) is 35.1 Å². The Morgan fingerprint density at radius 3 is 2.36 bits per heavy atom. The van der Waals surface area contributed by atoms with Gasteiger partial charge in [0.25, 0.3) is 5.91 Å². The Hall–Kier alpha value is -3.62. The zero-order valence-corrected chi connectivity index (χ0v) is 21.7. The number of carbonyl (C=O) groups excluding carboxylic acids is 1. The highest BCUT2D eigenvalue weighted by Crippen LogP contribution is 2.28. The fourth-order valence-corrected chi connectivity index (χ4v) is 4.53. The third-order valence-electron chi connectivity index (χ3n) is 5.51. The number of hydrogen-bond acceptors (Lipinski definition) is 6. The molecule has 0 aliphatic rings. The number of benzene rings is 3. The molecule has 4 aromatic rings. The third-order valence-corrected chi connectivity index (χ3v) is 6.69. The molecule has 9 heteroatoms. The zero-order valence-electron chi connectivity index (χ0n) is 20.1. The topological polar surface area (TPSA) is 75.4 Å². The highest BCUT2D eigenvalue weighted by atomic mass is 35.5. The van der Waals surface area contributed by atoms with Crippen LogP contribution in [0.25, 0.3) is 17.1 Å². The Kier molecular flexibility index (Phi) is 8.76. The summed E-state index contributed by atoms with van der Waals surface area (Å²) in [4.78, 5) is 14.7. The second kappa shape index (κ2) is 12.4. The number of rotatable bonds is 10. The van der Waals surface area contributed by atoms with Gasteiger partial charge >= 0.3 is 0 Å². The van der Waals surface area contributed by atoms with Crippen LogP contribution in [0.4, 0.5) is 5.69 Å². The van der Waals surface area contributed by atoms with Crippen LogP contribution >= 0.6 is 23.4 Å². The molecule has 0 aliphatic carbocycles. The van der Waals surface area contributed by atoms with Crippen LogP contribution in [0.15, 0.2) is 89.1 Å². The molecule has 0 unspecified atom stereocenters. The molecular weight excluding hydrogens is 492 g/mol. The number of anilines is 1. The SMILES string of the molecule is CCN(CC)c1ccc(/C=N\NC(=O)CSc2nnc(-c3ccc(Cl)cc3)n2-c2ccccc2)cc1. The molecule has 36 heavy (non-hydrogen) atoms. The van der Waals surface area contributed by atoms with E-state index in [0.29, 0.717) is 16.0 Å². The first-order chi connectivity index (χ1) is 17.6. The predicted molar refractivity (Wildman–Crippen MR) is 148 cm³/mol. The molecule has 0 atom stereocenters. The first-order valence-corrected chi connectivity index (χ1v) is 13.0. The summed E-state index contributed by atoms with van der Waals surface area (Å²) in [7, 11) is 0. The molecule has 0 aliphatic heterocycles. The fourth-order valence-electron chi connectivity index (χ4n) is 3.66. The molecule has 7 nitrogen and oxygen atoms in total. The summed E-state index contributed by atoms with van der Waals surface area (Å²) < 4.78 is 1.93. The minimum atomic E-state index is -0.230. The number of aromatic nitrogens is 3. The largest absolute Gasteiger partial charge is 0.372 e. The van der Waals surface area contributed by atoms with E-state index in [-0.39, 0.29) is 11.7 Å². The summed E-state index contributed by atoms with van der Waals surface area (Å²) in [5.41, 5.74) is 6.45. The fraction of sp³-hybridized carbons (Fsp3) is 0.185. The van der Waals surface area contributed by atoms with Crippen LogP contribution in [0.2, 0.25) is 5.02 Å². The Morgan fingerprint density at radius 2 is 1.69 bits per heavy atom. The average Bonchev–Trinajstić information content (AvgIpc) is 3.34. The van der Waals surface area contributed by atoms with E-state index in [1.54, 1.807) is 6.21 Å². The number of amides is 1. The van der Waals surface area contributed by atoms with Gasteiger partial charge in [-0.1, -0.05) is 53.7 Å². The maximum absolute atomic E-state index is 12.5. The van der Waals surface area contributed by atoms with Crippen molar-refractivity contribution < 1.29 is 4.79 Å². The van der Waals surface area contributed by atoms with E-state index < -0.39 is 0 Å². The van der Waals surface area contributed by atoms with E-state index in [9.17, 15) is 4.79 Å². The molecule has 0 fully saturated rings. The molecule has 0 radical (unpaired) electrons. The van der Waals surface area contributed by atoms with Gasteiger partial charge in [-0.2, -0.15) is 5.10 Å². The highest BCUT2D eigenvalue weighted by Gasteiger charge is 2.17. The Labute approximate surface area is 220 Å². The van der Waals surface area contributed by atoms with Crippen LogP contribution < -0.4 is 10.3 Å². The van der Waals surface area contributed by atoms with E-state index in [2.05, 4.69) is 51.6 Å². The lowest BCUT2D eigenvalue weighted by Gasteiger charge is -2.20. The summed E-state index contributed by atoms with van der Waals surface area (Å²) in [6.07, 6.45) is 1.64. The number of carbonyl (C=O) groups is 1. The molecule has 0 saturated heterocycles. The summed E-state index contributed by atoms with van der Waals surface area (Å²) in [5, 5.41) is 14.1. The molecule has 0 saturated carbocycles. The number of halogens is 1. The second-order valence-electron chi connectivity index (χ2n) is 7.83. The Morgan fingerprint density at radius 1 is 1.00 bits per heavy atom. The normalized spacial score (nSPS) is 11.1. The first kappa shape index (κ1) is 25.5. The zero-order chi connectivity index (χ0) is 25.3. The van der Waals surface area contributed by atoms with Gasteiger partial charge in [0.05, 0.1) is 12.0 Å². The van der Waals surface area contributed by atoms with Crippen LogP contribution in [0.1, 0.15) is 19.4 Å². The van der Waals surface area contributed by atoms with Crippen molar-refractivity contribution in [1.82, 2.24) is 20.2 Å². The molecule has 1 aromatic heterocycles. The summed E-state index contributed by atoms with van der Waals surface area (Å²) in [5.74, 6) is 0.586. The van der Waals surface area contributed by atoms with Crippen molar-refractivity contribution in [2.24, 2.45) is 5.10 Å². The molecule has 0 spiro atoms. The van der Waals surface area contributed by atoms with E-state index in [1.807, 2.05) is 71.3 Å². The highest BCUT2D eigenvalue weighted by molar-refractivity contribution is 7.99. The second-order valence-corrected chi connectivity index (χ2v) is 9.21. The van der Waals surface area contributed by atoms with Gasteiger partial charge in [0.2, 0.25) is 0 Å². The molecule has 3 aromatic carbocycles. The van der Waals surface area contributed by atoms with Crippen LogP contribution in [-0.4, -0.2) is 45.7 Å². The Balaban J connectivity index is 1.42. The number of nitrogens with zero attached hydrogens (tertiary/aromatic N) is 5. The van der Waals surface area contributed by atoms with Crippen molar-refractivity contribution in [3.05, 3.63) is 89.4 Å². The van der Waals surface area contributed by atoms with Crippen LogP contribution in [0.5, 0.6) is 0 Å². The molecule has 1 heterocycles. The molecule has 4 rings (SSSR count). The van der Waals surface area contributed by atoms with Gasteiger partial charge in [-0.25, -0.2) is 5.43 Å². The minimum absolute atomic E-state index is 0.143. The minimum Gasteiger partial charge on any atom is -0.372 e. The number of hydrogen-bond donors (Lipinski definition) is 1. The Bertz CT molecular complexity index is 1300. The average molecular weight is 519 g/mol. The van der Waals surface area contributed by atoms with Gasteiger partial charge in [-0.15, -0.1) is 10.2 Å². The number of hydrazone groups is 1. The quantitative estimate of drug-likeness (QED) is 0.166. The molecule has 1 N–H and O–H groups in total. The molecular formula is C27H27ClN6OS. The van der Waals surface area contributed by atoms with E-state index in [1.165, 1.54) is 11.8 Å². The number of nitrogens with one attached hydrogen (secondary N) is 1. The predicted octanol–water partition coefficient (Wildman–Crippen LogP) is 5.68. The lowest BCUT2D eigenvalue weighted by Crippen LogP contribution is -2.21. The molecule has 1 amide bonds. The molecule has 0 bridgehead atoms. The van der Waals surface area contributed by atoms with Crippen molar-refractivity contribution >= 4 is 41.2 Å². The first-order valence-electron chi connectivity index (χ1n) is 11.7. The summed E-state index contributed by atoms with van der Waals surface area (Å²) in [6.45, 7) is 6.17. The van der Waals surface area contributed by atoms with Crippen LogP contribution in [-0.2, 0) is 4.79 Å². The van der Waals surface area contributed by atoms with Gasteiger partial charge in [0.15, 0.2) is 11.0 Å². The standard InChI is InChI=1S/C27H27ClN6OS/c1-3-33(4-2)23-16-10-20(11-17-23)18-29-30-25(35)19-36-27-32-31-26(21-12-14-22(28)15-13-21)34(27)24-8-6-5-7-9-24/h5-18H,3-4,19H2,1-2H3,(H,30,35)/b29-18-. The smallest absolute Gasteiger partial charge is 0.250 e. The molecule has 184 valence electrons. The summed E-state index contributed by atoms with van der Waals surface area (Å²) in [6, 6.07) is 25.3. The lowest BCUT2D eigenvalue weighted by atomic mass is 10.2. The van der Waals surface area contributed by atoms with Crippen LogP contribution in [0.3, 0.4) is 0 Å². The number of thioether (sulfide) groups is 1. The van der Waals surface area contributed by atoms with Crippen LogP contribution in [0, 0.1) is 0 Å². The summed E-state index contributed by atoms with van der Waals surface area (Å²) >= 11 is 7.35. The van der Waals surface area contributed by atoms with Gasteiger partial charge in [-0.3, -0.25) is 9.36 Å². The van der Waals surface area contributed by atoms with E-state index in [0.717, 1.165) is 35.6 Å². The van der Waals surface area contributed by atoms with E-state index >= 15 is 0 Å². The van der Waals surface area contributed by atoms with Gasteiger partial charge in [0.1, 0.15) is 0 Å². The van der Waals surface area contributed by atoms with Crippen molar-refractivity contribution in [2.75, 3.05) is 23.7 Å². The monoisotopic (exact) mass is 518 g/mol. The lowest BCUT2D eigenvalue weighted by molar-refractivity contribution is -0.118. The van der Waals surface area contributed by atoms with Crippen molar-refractivity contribution in [3.8, 4) is 17.1 Å². The van der Waals surface area contributed by atoms with Crippen molar-refractivity contribution in [3.63, 3.8) is 0 Å². The van der Waals surface area contributed by atoms with Gasteiger partial charge < -0.3 is 4.90 Å². The maximum atomic E-state index is 12.5. The van der Waals surface area contributed by atoms with Crippen molar-refractivity contribution in [2.45, 2.75) is 19.0 Å². The number of para-hydroxylation sites is 1. The van der Waals surface area contributed by atoms with E-state index in [4.69, 9.17) is 11.6 Å². The third kappa shape index (κ3) is 6.33. The van der Waals surface area contributed by atoms with Gasteiger partial charge in [-0.05, 0) is 67.9 Å².